The Morgan fingerprint density at radius 2 is 1.97 bits per heavy atom. The Morgan fingerprint density at radius 3 is 2.53 bits per heavy atom. The highest BCUT2D eigenvalue weighted by atomic mass is 35.5. The topological polar surface area (TPSA) is 127 Å². The van der Waals surface area contributed by atoms with E-state index >= 15 is 0 Å². The highest BCUT2D eigenvalue weighted by molar-refractivity contribution is 6.63. The first-order chi connectivity index (χ1) is 14.0. The molecule has 1 aromatic carbocycles. The van der Waals surface area contributed by atoms with Crippen molar-refractivity contribution >= 4 is 51.2 Å². The molecule has 2 aromatic heterocycles. The molecule has 3 rings (SSSR count). The van der Waals surface area contributed by atoms with Gasteiger partial charge in [-0.3, -0.25) is 14.7 Å². The van der Waals surface area contributed by atoms with E-state index in [0.717, 1.165) is 0 Å². The van der Waals surface area contributed by atoms with E-state index in [0.29, 0.717) is 23.0 Å². The Kier molecular flexibility index (Phi) is 7.69. The molecule has 0 spiro atoms. The predicted octanol–water partition coefficient (Wildman–Crippen LogP) is 3.85. The first kappa shape index (κ1) is 23.5. The molecule has 1 amide bonds. The number of carbonyl (C=O) groups is 2. The van der Waals surface area contributed by atoms with Crippen LogP contribution in [0.25, 0.3) is 11.0 Å². The van der Waals surface area contributed by atoms with E-state index in [2.05, 4.69) is 25.5 Å². The van der Waals surface area contributed by atoms with Gasteiger partial charge in [0.25, 0.3) is 5.91 Å². The number of hydrogen-bond acceptors (Lipinski definition) is 6. The summed E-state index contributed by atoms with van der Waals surface area (Å²) < 4.78 is 13.1. The summed E-state index contributed by atoms with van der Waals surface area (Å²) in [6.45, 7) is 6.11. The number of benzene rings is 1. The minimum Gasteiger partial charge on any atom is -0.380 e. The first-order valence-corrected chi connectivity index (χ1v) is 9.58. The minimum atomic E-state index is -0.512. The fraction of sp³-hybridized carbons (Fsp3) is 0.316. The predicted molar refractivity (Wildman–Crippen MR) is 114 cm³/mol. The van der Waals surface area contributed by atoms with Crippen LogP contribution in [0.4, 0.5) is 10.2 Å². The lowest BCUT2D eigenvalue weighted by Crippen LogP contribution is -2.24. The van der Waals surface area contributed by atoms with E-state index in [1.165, 1.54) is 24.5 Å². The van der Waals surface area contributed by atoms with Crippen LogP contribution in [0.15, 0.2) is 24.5 Å². The number of aromatic amines is 1. The number of hydrogen-bond donors (Lipinski definition) is 3. The van der Waals surface area contributed by atoms with Gasteiger partial charge in [0.2, 0.25) is 5.24 Å². The van der Waals surface area contributed by atoms with Crippen LogP contribution in [0.5, 0.6) is 0 Å². The Labute approximate surface area is 182 Å². The zero-order valence-corrected chi connectivity index (χ0v) is 18.1. The number of amides is 1. The normalized spacial score (nSPS) is 11.0. The SMILES string of the molecule is CC(C)(C)CC(=O)Cl.Nc1n[nH]c2c(C(=O)NCc3ccc(F)c(Cl)c3)ncnc12. The third-order valence-electron chi connectivity index (χ3n) is 3.70. The summed E-state index contributed by atoms with van der Waals surface area (Å²) in [6.07, 6.45) is 1.69. The average molecular weight is 455 g/mol. The van der Waals surface area contributed by atoms with Gasteiger partial charge in [-0.25, -0.2) is 14.4 Å². The van der Waals surface area contributed by atoms with Crippen LogP contribution in [0.1, 0.15) is 43.2 Å². The Bertz CT molecular complexity index is 1060. The molecule has 0 bridgehead atoms. The van der Waals surface area contributed by atoms with E-state index < -0.39 is 11.7 Å². The van der Waals surface area contributed by atoms with Crippen LogP contribution in [0, 0.1) is 11.2 Å². The molecule has 0 aliphatic carbocycles. The number of carbonyl (C=O) groups excluding carboxylic acids is 2. The molecule has 4 N–H and O–H groups in total. The zero-order valence-electron chi connectivity index (χ0n) is 16.6. The van der Waals surface area contributed by atoms with Gasteiger partial charge in [-0.1, -0.05) is 38.4 Å². The Balaban J connectivity index is 0.000000343. The number of H-pyrrole nitrogens is 1. The van der Waals surface area contributed by atoms with Crippen molar-refractivity contribution in [1.82, 2.24) is 25.5 Å². The van der Waals surface area contributed by atoms with E-state index in [1.54, 1.807) is 0 Å². The number of halogens is 3. The number of anilines is 1. The maximum Gasteiger partial charge on any atom is 0.272 e. The van der Waals surface area contributed by atoms with Crippen LogP contribution in [0.2, 0.25) is 5.02 Å². The monoisotopic (exact) mass is 454 g/mol. The third-order valence-corrected chi connectivity index (χ3v) is 4.12. The van der Waals surface area contributed by atoms with Crippen molar-refractivity contribution < 1.29 is 14.0 Å². The average Bonchev–Trinajstić information content (AvgIpc) is 3.02. The van der Waals surface area contributed by atoms with Crippen molar-refractivity contribution in [3.63, 3.8) is 0 Å². The number of nitrogens with zero attached hydrogens (tertiary/aromatic N) is 3. The van der Waals surface area contributed by atoms with Crippen LogP contribution < -0.4 is 11.1 Å². The zero-order chi connectivity index (χ0) is 22.5. The molecule has 160 valence electrons. The molecule has 0 fully saturated rings. The van der Waals surface area contributed by atoms with Crippen molar-refractivity contribution in [3.05, 3.63) is 46.6 Å². The maximum atomic E-state index is 13.1. The van der Waals surface area contributed by atoms with Gasteiger partial charge in [0, 0.05) is 13.0 Å². The number of nitrogens with one attached hydrogen (secondary N) is 2. The first-order valence-electron chi connectivity index (χ1n) is 8.83. The lowest BCUT2D eigenvalue weighted by molar-refractivity contribution is -0.113. The van der Waals surface area contributed by atoms with Crippen molar-refractivity contribution in [2.24, 2.45) is 5.41 Å². The molecular weight excluding hydrogens is 434 g/mol. The quantitative estimate of drug-likeness (QED) is 0.513. The fourth-order valence-corrected chi connectivity index (χ4v) is 2.96. The molecule has 0 atom stereocenters. The number of fused-ring (bicyclic) bond motifs is 1. The number of nitrogens with two attached hydrogens (primary N) is 1. The minimum absolute atomic E-state index is 0.00230. The summed E-state index contributed by atoms with van der Waals surface area (Å²) in [5.41, 5.74) is 7.19. The standard InChI is InChI=1S/C13H10ClFN6O.C6H11ClO/c14-7-3-6(1-2-8(7)15)4-17-13(22)11-9-10(18-5-19-11)12(16)21-20-9;1-6(2,3)4-5(7)8/h1-3,5H,4H2,(H,17,22)(H3,16,20,21);4H2,1-3H3. The number of rotatable bonds is 4. The van der Waals surface area contributed by atoms with Gasteiger partial charge in [-0.2, -0.15) is 5.10 Å². The molecule has 0 aliphatic rings. The van der Waals surface area contributed by atoms with E-state index in [4.69, 9.17) is 28.9 Å². The van der Waals surface area contributed by atoms with Gasteiger partial charge in [0.15, 0.2) is 11.5 Å². The molecule has 30 heavy (non-hydrogen) atoms. The summed E-state index contributed by atoms with van der Waals surface area (Å²) in [5.74, 6) is -0.754. The van der Waals surface area contributed by atoms with E-state index in [9.17, 15) is 14.0 Å². The van der Waals surface area contributed by atoms with Gasteiger partial charge < -0.3 is 11.1 Å². The summed E-state index contributed by atoms with van der Waals surface area (Å²) in [5, 5.41) is 8.82. The summed E-state index contributed by atoms with van der Waals surface area (Å²) in [7, 11) is 0. The van der Waals surface area contributed by atoms with Gasteiger partial charge in [0.05, 0.1) is 5.02 Å². The largest absolute Gasteiger partial charge is 0.380 e. The van der Waals surface area contributed by atoms with Gasteiger partial charge >= 0.3 is 0 Å². The molecule has 8 nitrogen and oxygen atoms in total. The molecule has 0 saturated heterocycles. The molecule has 2 heterocycles. The molecule has 3 aromatic rings. The molecule has 0 saturated carbocycles. The highest BCUT2D eigenvalue weighted by Crippen LogP contribution is 2.19. The number of nitrogen functional groups attached to an aromatic ring is 1. The lowest BCUT2D eigenvalue weighted by atomic mass is 9.93. The van der Waals surface area contributed by atoms with Crippen molar-refractivity contribution in [1.29, 1.82) is 0 Å². The fourth-order valence-electron chi connectivity index (χ4n) is 2.36. The van der Waals surface area contributed by atoms with Crippen molar-refractivity contribution in [2.75, 3.05) is 5.73 Å². The van der Waals surface area contributed by atoms with Gasteiger partial charge in [-0.05, 0) is 34.7 Å². The van der Waals surface area contributed by atoms with E-state index in [-0.39, 0.29) is 33.7 Å². The van der Waals surface area contributed by atoms with Crippen LogP contribution >= 0.6 is 23.2 Å². The molecule has 0 aliphatic heterocycles. The van der Waals surface area contributed by atoms with Crippen LogP contribution in [0.3, 0.4) is 0 Å². The molecule has 0 unspecified atom stereocenters. The lowest BCUT2D eigenvalue weighted by Gasteiger charge is -2.13. The smallest absolute Gasteiger partial charge is 0.272 e. The van der Waals surface area contributed by atoms with Crippen molar-refractivity contribution in [2.45, 2.75) is 33.7 Å². The Morgan fingerprint density at radius 1 is 1.27 bits per heavy atom. The maximum absolute atomic E-state index is 13.1. The third kappa shape index (κ3) is 6.64. The second-order valence-electron chi connectivity index (χ2n) is 7.58. The van der Waals surface area contributed by atoms with Crippen LogP contribution in [-0.4, -0.2) is 31.3 Å². The molecule has 11 heteroatoms. The van der Waals surface area contributed by atoms with Crippen molar-refractivity contribution in [3.8, 4) is 0 Å². The van der Waals surface area contributed by atoms with Crippen LogP contribution in [-0.2, 0) is 11.3 Å². The molecule has 0 radical (unpaired) electrons. The number of aromatic nitrogens is 4. The Hall–Kier alpha value is -2.78. The van der Waals surface area contributed by atoms with Gasteiger partial charge in [0.1, 0.15) is 23.2 Å². The second kappa shape index (κ2) is 9.82. The van der Waals surface area contributed by atoms with E-state index in [1.807, 2.05) is 20.8 Å². The summed E-state index contributed by atoms with van der Waals surface area (Å²) >= 11 is 10.8. The summed E-state index contributed by atoms with van der Waals surface area (Å²) in [6, 6.07) is 4.22. The van der Waals surface area contributed by atoms with Gasteiger partial charge in [-0.15, -0.1) is 0 Å². The highest BCUT2D eigenvalue weighted by Gasteiger charge is 2.16. The molecular formula is C19H21Cl2FN6O2. The second-order valence-corrected chi connectivity index (χ2v) is 8.41. The summed E-state index contributed by atoms with van der Waals surface area (Å²) in [4.78, 5) is 30.3.